The Kier molecular flexibility index (Phi) is 7.76. The maximum atomic E-state index is 14.5. The summed E-state index contributed by atoms with van der Waals surface area (Å²) in [5.41, 5.74) is -1.83. The van der Waals surface area contributed by atoms with Gasteiger partial charge in [-0.3, -0.25) is 9.59 Å². The van der Waals surface area contributed by atoms with Crippen LogP contribution < -0.4 is 15.4 Å². The lowest BCUT2D eigenvalue weighted by atomic mass is 10.0. The summed E-state index contributed by atoms with van der Waals surface area (Å²) in [6, 6.07) is 3.55. The molecule has 3 aromatic rings. The molecule has 6 nitrogen and oxygen atoms in total. The first-order valence-electron chi connectivity index (χ1n) is 9.47. The van der Waals surface area contributed by atoms with Crippen molar-refractivity contribution in [3.63, 3.8) is 0 Å². The minimum Gasteiger partial charge on any atom is -0.467 e. The van der Waals surface area contributed by atoms with Gasteiger partial charge < -0.3 is 15.4 Å². The molecule has 0 aliphatic heterocycles. The van der Waals surface area contributed by atoms with Crippen molar-refractivity contribution in [3.05, 3.63) is 82.2 Å². The molecule has 0 saturated heterocycles. The van der Waals surface area contributed by atoms with Gasteiger partial charge in [-0.15, -0.1) is 0 Å². The zero-order valence-electron chi connectivity index (χ0n) is 17.0. The van der Waals surface area contributed by atoms with Gasteiger partial charge in [-0.25, -0.2) is 17.6 Å². The van der Waals surface area contributed by atoms with Gasteiger partial charge in [0.1, 0.15) is 23.3 Å². The van der Waals surface area contributed by atoms with Gasteiger partial charge in [-0.05, 0) is 35.8 Å². The molecular formula is C21H15F6N3O3S. The van der Waals surface area contributed by atoms with E-state index in [1.807, 2.05) is 0 Å². The van der Waals surface area contributed by atoms with Gasteiger partial charge in [0.15, 0.2) is 6.61 Å². The number of benzene rings is 2. The van der Waals surface area contributed by atoms with Gasteiger partial charge in [-0.2, -0.15) is 13.2 Å². The van der Waals surface area contributed by atoms with E-state index < -0.39 is 65.8 Å². The zero-order chi connectivity index (χ0) is 24.9. The number of nitrogens with zero attached hydrogens (tertiary/aromatic N) is 1. The van der Waals surface area contributed by atoms with Crippen LogP contribution in [0.4, 0.5) is 26.3 Å². The Morgan fingerprint density at radius 3 is 2.38 bits per heavy atom. The molecule has 0 aliphatic carbocycles. The Balaban J connectivity index is 1.75. The van der Waals surface area contributed by atoms with Crippen molar-refractivity contribution < 1.29 is 40.7 Å². The number of ether oxygens (including phenoxy) is 1. The van der Waals surface area contributed by atoms with E-state index >= 15 is 0 Å². The predicted molar refractivity (Wildman–Crippen MR) is 108 cm³/mol. The zero-order valence-corrected chi connectivity index (χ0v) is 17.8. The average Bonchev–Trinajstić information content (AvgIpc) is 3.30. The molecule has 0 radical (unpaired) electrons. The van der Waals surface area contributed by atoms with Crippen LogP contribution in [0.15, 0.2) is 47.8 Å². The van der Waals surface area contributed by atoms with E-state index in [9.17, 15) is 35.9 Å². The summed E-state index contributed by atoms with van der Waals surface area (Å²) < 4.78 is 92.5. The van der Waals surface area contributed by atoms with Crippen molar-refractivity contribution >= 4 is 23.3 Å². The second-order valence-corrected chi connectivity index (χ2v) is 7.49. The number of hydrogen-bond donors (Lipinski definition) is 2. The van der Waals surface area contributed by atoms with Crippen LogP contribution in [0, 0.1) is 23.3 Å². The maximum Gasteiger partial charge on any atom is 0.352 e. The summed E-state index contributed by atoms with van der Waals surface area (Å²) in [6.07, 6.45) is 0. The third-order valence-electron chi connectivity index (χ3n) is 4.46. The van der Waals surface area contributed by atoms with Gasteiger partial charge in [-0.1, -0.05) is 6.07 Å². The molecule has 13 heteroatoms. The van der Waals surface area contributed by atoms with Crippen LogP contribution >= 0.6 is 11.5 Å². The fourth-order valence-corrected chi connectivity index (χ4v) is 3.30. The fraction of sp³-hybridized carbons (Fsp3) is 0.190. The Bertz CT molecular complexity index is 1180. The lowest BCUT2D eigenvalue weighted by Crippen LogP contribution is -2.44. The van der Waals surface area contributed by atoms with Gasteiger partial charge >= 0.3 is 5.92 Å². The number of carbonyl (C=O) groups excluding carboxylic acids is 2. The molecule has 0 spiro atoms. The predicted octanol–water partition coefficient (Wildman–Crippen LogP) is 3.84. The average molecular weight is 503 g/mol. The molecule has 34 heavy (non-hydrogen) atoms. The molecule has 0 saturated carbocycles. The summed E-state index contributed by atoms with van der Waals surface area (Å²) in [4.78, 5) is 24.4. The third kappa shape index (κ3) is 6.04. The van der Waals surface area contributed by atoms with Crippen molar-refractivity contribution in [1.82, 2.24) is 15.0 Å². The Labute approximate surface area is 192 Å². The lowest BCUT2D eigenvalue weighted by molar-refractivity contribution is -0.147. The van der Waals surface area contributed by atoms with Gasteiger partial charge in [0.05, 0.1) is 11.6 Å². The summed E-state index contributed by atoms with van der Waals surface area (Å²) in [5.74, 6) is -12.0. The SMILES string of the molecule is O=C(COc1ccsn1)NC(CNC(=O)C(F)(F)c1cc(F)ccc1F)c1ccc(F)cc1F. The molecule has 2 aromatic carbocycles. The number of hydrogen-bond acceptors (Lipinski definition) is 5. The van der Waals surface area contributed by atoms with Crippen LogP contribution in [-0.4, -0.2) is 29.3 Å². The van der Waals surface area contributed by atoms with Gasteiger partial charge in [0, 0.05) is 29.6 Å². The summed E-state index contributed by atoms with van der Waals surface area (Å²) in [5, 5.41) is 5.64. The highest BCUT2D eigenvalue weighted by atomic mass is 32.1. The molecule has 1 heterocycles. The summed E-state index contributed by atoms with van der Waals surface area (Å²) >= 11 is 1.06. The van der Waals surface area contributed by atoms with Crippen LogP contribution in [0.25, 0.3) is 0 Å². The molecule has 1 atom stereocenters. The lowest BCUT2D eigenvalue weighted by Gasteiger charge is -2.23. The van der Waals surface area contributed by atoms with Gasteiger partial charge in [0.2, 0.25) is 5.88 Å². The van der Waals surface area contributed by atoms with E-state index in [0.717, 1.165) is 23.7 Å². The van der Waals surface area contributed by atoms with E-state index in [1.165, 1.54) is 6.07 Å². The number of nitrogens with one attached hydrogen (secondary N) is 2. The van der Waals surface area contributed by atoms with Crippen molar-refractivity contribution in [2.24, 2.45) is 0 Å². The number of alkyl halides is 2. The number of carbonyl (C=O) groups is 2. The normalized spacial score (nSPS) is 12.2. The largest absolute Gasteiger partial charge is 0.467 e. The highest BCUT2D eigenvalue weighted by molar-refractivity contribution is 7.03. The molecule has 1 aromatic heterocycles. The molecular weight excluding hydrogens is 488 g/mol. The number of rotatable bonds is 9. The Morgan fingerprint density at radius 2 is 1.71 bits per heavy atom. The highest BCUT2D eigenvalue weighted by Crippen LogP contribution is 2.31. The molecule has 0 aliphatic rings. The minimum absolute atomic E-state index is 0.134. The van der Waals surface area contributed by atoms with Crippen LogP contribution in [0.3, 0.4) is 0 Å². The quantitative estimate of drug-likeness (QED) is 0.435. The topological polar surface area (TPSA) is 80.3 Å². The van der Waals surface area contributed by atoms with Crippen LogP contribution in [0.1, 0.15) is 17.2 Å². The van der Waals surface area contributed by atoms with Crippen molar-refractivity contribution in [2.75, 3.05) is 13.2 Å². The minimum atomic E-state index is -4.49. The monoisotopic (exact) mass is 503 g/mol. The summed E-state index contributed by atoms with van der Waals surface area (Å²) in [7, 11) is 0. The smallest absolute Gasteiger partial charge is 0.352 e. The highest BCUT2D eigenvalue weighted by Gasteiger charge is 2.43. The number of halogens is 6. The van der Waals surface area contributed by atoms with Gasteiger partial charge in [0.25, 0.3) is 11.8 Å². The van der Waals surface area contributed by atoms with Crippen molar-refractivity contribution in [1.29, 1.82) is 0 Å². The molecule has 0 bridgehead atoms. The number of aromatic nitrogens is 1. The fourth-order valence-electron chi connectivity index (χ4n) is 2.84. The van der Waals surface area contributed by atoms with E-state index in [4.69, 9.17) is 4.74 Å². The van der Waals surface area contributed by atoms with Crippen LogP contribution in [-0.2, 0) is 15.5 Å². The second-order valence-electron chi connectivity index (χ2n) is 6.82. The summed E-state index contributed by atoms with van der Waals surface area (Å²) in [6.45, 7) is -1.38. The van der Waals surface area contributed by atoms with E-state index in [-0.39, 0.29) is 17.5 Å². The van der Waals surface area contributed by atoms with E-state index in [0.29, 0.717) is 18.2 Å². The van der Waals surface area contributed by atoms with Crippen LogP contribution in [0.2, 0.25) is 0 Å². The first kappa shape index (κ1) is 25.0. The molecule has 1 unspecified atom stereocenters. The van der Waals surface area contributed by atoms with Crippen LogP contribution in [0.5, 0.6) is 5.88 Å². The van der Waals surface area contributed by atoms with Crippen molar-refractivity contribution in [3.8, 4) is 5.88 Å². The molecule has 2 N–H and O–H groups in total. The number of amides is 2. The first-order chi connectivity index (χ1) is 16.1. The standard InChI is InChI=1S/C21H15F6N3O3S/c22-11-2-4-15(24)14(7-11)21(26,27)20(32)28-9-17(13-3-1-12(23)8-16(13)25)29-18(31)10-33-19-5-6-34-30-19/h1-8,17H,9-10H2,(H,28,32)(H,29,31). The molecule has 3 rings (SSSR count). The first-order valence-corrected chi connectivity index (χ1v) is 10.3. The molecule has 180 valence electrons. The Morgan fingerprint density at radius 1 is 1.00 bits per heavy atom. The van der Waals surface area contributed by atoms with E-state index in [2.05, 4.69) is 9.69 Å². The molecule has 2 amide bonds. The van der Waals surface area contributed by atoms with Crippen molar-refractivity contribution in [2.45, 2.75) is 12.0 Å². The molecule has 0 fully saturated rings. The van der Waals surface area contributed by atoms with E-state index in [1.54, 1.807) is 10.7 Å². The maximum absolute atomic E-state index is 14.5. The Hall–Kier alpha value is -3.61. The second kappa shape index (κ2) is 10.5. The third-order valence-corrected chi connectivity index (χ3v) is 5.00.